The van der Waals surface area contributed by atoms with Gasteiger partial charge in [-0.05, 0) is 25.7 Å². The molecule has 1 fully saturated rings. The first-order valence-corrected chi connectivity index (χ1v) is 14.1. The topological polar surface area (TPSA) is 52.6 Å². The normalized spacial score (nSPS) is 22.9. The summed E-state index contributed by atoms with van der Waals surface area (Å²) in [5.41, 5.74) is 0. The lowest BCUT2D eigenvalue weighted by Crippen LogP contribution is -2.05. The van der Waals surface area contributed by atoms with Crippen LogP contribution >= 0.6 is 0 Å². The highest BCUT2D eigenvalue weighted by Gasteiger charge is 2.04. The van der Waals surface area contributed by atoms with Crippen molar-refractivity contribution in [2.24, 2.45) is 0 Å². The van der Waals surface area contributed by atoms with Crippen molar-refractivity contribution < 1.29 is 19.1 Å². The molecule has 4 heteroatoms. The number of ether oxygens (including phenoxy) is 2. The minimum atomic E-state index is -0.000530. The Morgan fingerprint density at radius 1 is 0.312 bits per heavy atom. The van der Waals surface area contributed by atoms with Crippen LogP contribution in [0, 0.1) is 0 Å². The van der Waals surface area contributed by atoms with Crippen LogP contribution in [0.1, 0.15) is 154 Å². The molecule has 0 spiro atoms. The number of hydrogen-bond donors (Lipinski definition) is 0. The van der Waals surface area contributed by atoms with Crippen molar-refractivity contribution in [3.8, 4) is 0 Å². The Labute approximate surface area is 198 Å². The van der Waals surface area contributed by atoms with Crippen molar-refractivity contribution in [1.82, 2.24) is 0 Å². The Balaban J connectivity index is 2.12. The molecule has 0 atom stereocenters. The maximum atomic E-state index is 11.8. The van der Waals surface area contributed by atoms with Crippen LogP contribution in [0.4, 0.5) is 0 Å². The quantitative estimate of drug-likeness (QED) is 0.346. The Morgan fingerprint density at radius 3 is 0.812 bits per heavy atom. The standard InChI is InChI=1S/C28H52O4/c29-27-23-19-15-11-7-3-1-5-9-13-17-21-25-31-28(30)24-20-16-12-8-4-2-6-10-14-18-22-26-32-27/h1-26H2. The number of cyclic esters (lactones) is 2. The van der Waals surface area contributed by atoms with Gasteiger partial charge in [-0.2, -0.15) is 0 Å². The molecule has 188 valence electrons. The summed E-state index contributed by atoms with van der Waals surface area (Å²) >= 11 is 0. The smallest absolute Gasteiger partial charge is 0.305 e. The monoisotopic (exact) mass is 452 g/mol. The zero-order valence-electron chi connectivity index (χ0n) is 21.0. The molecule has 32 heavy (non-hydrogen) atoms. The predicted molar refractivity (Wildman–Crippen MR) is 133 cm³/mol. The van der Waals surface area contributed by atoms with Gasteiger partial charge in [-0.25, -0.2) is 0 Å². The van der Waals surface area contributed by atoms with Crippen LogP contribution in [0.3, 0.4) is 0 Å². The number of carbonyl (C=O) groups is 2. The van der Waals surface area contributed by atoms with E-state index < -0.39 is 0 Å². The van der Waals surface area contributed by atoms with Crippen molar-refractivity contribution in [1.29, 1.82) is 0 Å². The van der Waals surface area contributed by atoms with Gasteiger partial charge in [0.15, 0.2) is 0 Å². The summed E-state index contributed by atoms with van der Waals surface area (Å²) < 4.78 is 10.8. The fourth-order valence-electron chi connectivity index (χ4n) is 4.44. The van der Waals surface area contributed by atoms with Crippen molar-refractivity contribution in [2.45, 2.75) is 154 Å². The van der Waals surface area contributed by atoms with Gasteiger partial charge >= 0.3 is 11.9 Å². The molecule has 1 saturated heterocycles. The minimum Gasteiger partial charge on any atom is -0.466 e. The molecule has 1 heterocycles. The third-order valence-corrected chi connectivity index (χ3v) is 6.58. The molecule has 0 aromatic rings. The molecule has 4 nitrogen and oxygen atoms in total. The van der Waals surface area contributed by atoms with Crippen molar-refractivity contribution >= 4 is 11.9 Å². The fourth-order valence-corrected chi connectivity index (χ4v) is 4.44. The van der Waals surface area contributed by atoms with Crippen LogP contribution < -0.4 is 0 Å². The molecule has 1 rings (SSSR count). The molecule has 0 aliphatic carbocycles. The largest absolute Gasteiger partial charge is 0.466 e. The average Bonchev–Trinajstić information content (AvgIpc) is 2.78. The second-order valence-corrected chi connectivity index (χ2v) is 9.72. The molecular formula is C28H52O4. The van der Waals surface area contributed by atoms with E-state index in [-0.39, 0.29) is 11.9 Å². The highest BCUT2D eigenvalue weighted by atomic mass is 16.5. The van der Waals surface area contributed by atoms with Gasteiger partial charge in [-0.3, -0.25) is 9.59 Å². The first-order valence-electron chi connectivity index (χ1n) is 14.1. The summed E-state index contributed by atoms with van der Waals surface area (Å²) in [6.07, 6.45) is 27.8. The highest BCUT2D eigenvalue weighted by molar-refractivity contribution is 5.69. The molecule has 0 aromatic heterocycles. The lowest BCUT2D eigenvalue weighted by Gasteiger charge is -2.06. The van der Waals surface area contributed by atoms with Gasteiger partial charge in [0.2, 0.25) is 0 Å². The molecule has 0 amide bonds. The van der Waals surface area contributed by atoms with Gasteiger partial charge in [-0.15, -0.1) is 0 Å². The Hall–Kier alpha value is -1.06. The molecule has 1 aliphatic heterocycles. The van der Waals surface area contributed by atoms with E-state index in [2.05, 4.69) is 0 Å². The molecule has 0 unspecified atom stereocenters. The Morgan fingerprint density at radius 2 is 0.531 bits per heavy atom. The highest BCUT2D eigenvalue weighted by Crippen LogP contribution is 2.14. The van der Waals surface area contributed by atoms with E-state index in [1.54, 1.807) is 0 Å². The number of hydrogen-bond acceptors (Lipinski definition) is 4. The van der Waals surface area contributed by atoms with Gasteiger partial charge in [0, 0.05) is 12.8 Å². The second-order valence-electron chi connectivity index (χ2n) is 9.72. The summed E-state index contributed by atoms with van der Waals surface area (Å²) in [5, 5.41) is 0. The van der Waals surface area contributed by atoms with Crippen LogP contribution in [0.25, 0.3) is 0 Å². The predicted octanol–water partition coefficient (Wildman–Crippen LogP) is 8.45. The van der Waals surface area contributed by atoms with Gasteiger partial charge in [-0.1, -0.05) is 116 Å². The van der Waals surface area contributed by atoms with Gasteiger partial charge in [0.05, 0.1) is 13.2 Å². The van der Waals surface area contributed by atoms with E-state index in [0.29, 0.717) is 26.1 Å². The first-order chi connectivity index (χ1) is 15.8. The van der Waals surface area contributed by atoms with Gasteiger partial charge in [0.25, 0.3) is 0 Å². The van der Waals surface area contributed by atoms with E-state index in [4.69, 9.17) is 9.47 Å². The van der Waals surface area contributed by atoms with Crippen LogP contribution in [0.15, 0.2) is 0 Å². The molecule has 0 N–H and O–H groups in total. The summed E-state index contributed by atoms with van der Waals surface area (Å²) in [5.74, 6) is -0.00106. The maximum Gasteiger partial charge on any atom is 0.305 e. The molecule has 1 aliphatic rings. The van der Waals surface area contributed by atoms with Crippen molar-refractivity contribution in [3.05, 3.63) is 0 Å². The maximum absolute atomic E-state index is 11.8. The lowest BCUT2D eigenvalue weighted by molar-refractivity contribution is -0.144. The Kier molecular flexibility index (Phi) is 20.9. The third kappa shape index (κ3) is 20.8. The van der Waals surface area contributed by atoms with Crippen LogP contribution in [-0.4, -0.2) is 25.2 Å². The molecule has 0 radical (unpaired) electrons. The Bertz CT molecular complexity index is 359. The average molecular weight is 453 g/mol. The lowest BCUT2D eigenvalue weighted by atomic mass is 10.0. The SMILES string of the molecule is O=C1CCCCCCCCCCCCCOC(=O)CCCCCCCCCCCCCO1. The zero-order valence-corrected chi connectivity index (χ0v) is 21.0. The van der Waals surface area contributed by atoms with Crippen LogP contribution in [0.5, 0.6) is 0 Å². The minimum absolute atomic E-state index is 0.000530. The van der Waals surface area contributed by atoms with Crippen molar-refractivity contribution in [2.75, 3.05) is 13.2 Å². The zero-order chi connectivity index (χ0) is 23.0. The molecule has 0 bridgehead atoms. The van der Waals surface area contributed by atoms with Gasteiger partial charge < -0.3 is 9.47 Å². The van der Waals surface area contributed by atoms with Crippen LogP contribution in [-0.2, 0) is 19.1 Å². The summed E-state index contributed by atoms with van der Waals surface area (Å²) in [6, 6.07) is 0. The van der Waals surface area contributed by atoms with E-state index in [1.165, 1.54) is 103 Å². The molecular weight excluding hydrogens is 400 g/mol. The van der Waals surface area contributed by atoms with E-state index in [0.717, 1.165) is 38.5 Å². The first kappa shape index (κ1) is 29.0. The summed E-state index contributed by atoms with van der Waals surface area (Å²) in [4.78, 5) is 23.6. The molecule has 0 aromatic carbocycles. The second kappa shape index (κ2) is 23.1. The number of esters is 2. The summed E-state index contributed by atoms with van der Waals surface area (Å²) in [6.45, 7) is 1.21. The third-order valence-electron chi connectivity index (χ3n) is 6.58. The summed E-state index contributed by atoms with van der Waals surface area (Å²) in [7, 11) is 0. The van der Waals surface area contributed by atoms with E-state index in [9.17, 15) is 9.59 Å². The van der Waals surface area contributed by atoms with Crippen molar-refractivity contribution in [3.63, 3.8) is 0 Å². The number of carbonyl (C=O) groups excluding carboxylic acids is 2. The van der Waals surface area contributed by atoms with E-state index in [1.807, 2.05) is 0 Å². The fraction of sp³-hybridized carbons (Fsp3) is 0.929. The number of rotatable bonds is 0. The van der Waals surface area contributed by atoms with Gasteiger partial charge in [0.1, 0.15) is 0 Å². The van der Waals surface area contributed by atoms with Crippen LogP contribution in [0.2, 0.25) is 0 Å². The van der Waals surface area contributed by atoms with E-state index >= 15 is 0 Å². The molecule has 0 saturated carbocycles.